The van der Waals surface area contributed by atoms with Crippen LogP contribution in [0.5, 0.6) is 0 Å². The Labute approximate surface area is 164 Å². The molecule has 0 saturated carbocycles. The van der Waals surface area contributed by atoms with Crippen LogP contribution < -0.4 is 10.6 Å². The highest BCUT2D eigenvalue weighted by molar-refractivity contribution is 14.1. The standard InChI is InChI=1S/C14H23I2N3O4/c15-10-12(21)17-5-7-19(8-6-18-13(22)11-16)14(23)4-2-1-3-9-20/h9H,1-8,10-11H2,(H,17,21)(H,18,22). The third-order valence-corrected chi connectivity index (χ3v) is 4.35. The maximum Gasteiger partial charge on any atom is 0.229 e. The maximum absolute atomic E-state index is 12.2. The molecule has 0 fully saturated rings. The molecule has 0 rings (SSSR count). The Morgan fingerprint density at radius 3 is 1.87 bits per heavy atom. The Kier molecular flexibility index (Phi) is 14.8. The molecule has 3 amide bonds. The lowest BCUT2D eigenvalue weighted by atomic mass is 10.2. The molecule has 0 aromatic rings. The number of nitrogens with zero attached hydrogens (tertiary/aromatic N) is 1. The largest absolute Gasteiger partial charge is 0.354 e. The summed E-state index contributed by atoms with van der Waals surface area (Å²) in [6, 6.07) is 0. The van der Waals surface area contributed by atoms with Gasteiger partial charge in [-0.1, -0.05) is 45.2 Å². The van der Waals surface area contributed by atoms with Gasteiger partial charge in [-0.3, -0.25) is 14.4 Å². The summed E-state index contributed by atoms with van der Waals surface area (Å²) in [7, 11) is 0. The highest BCUT2D eigenvalue weighted by Gasteiger charge is 2.13. The fourth-order valence-corrected chi connectivity index (χ4v) is 2.32. The molecule has 0 aromatic carbocycles. The molecule has 0 saturated heterocycles. The van der Waals surface area contributed by atoms with E-state index in [0.717, 1.165) is 6.29 Å². The molecular formula is C14H23I2N3O4. The van der Waals surface area contributed by atoms with Crippen LogP contribution in [0, 0.1) is 0 Å². The third-order valence-electron chi connectivity index (χ3n) is 2.97. The summed E-state index contributed by atoms with van der Waals surface area (Å²) in [4.78, 5) is 46.6. The van der Waals surface area contributed by atoms with Gasteiger partial charge in [0.05, 0.1) is 8.86 Å². The van der Waals surface area contributed by atoms with Crippen molar-refractivity contribution in [1.29, 1.82) is 0 Å². The summed E-state index contributed by atoms with van der Waals surface area (Å²) < 4.78 is 0.756. The summed E-state index contributed by atoms with van der Waals surface area (Å²) in [5.74, 6) is -0.160. The van der Waals surface area contributed by atoms with Crippen LogP contribution in [0.15, 0.2) is 0 Å². The van der Waals surface area contributed by atoms with Crippen LogP contribution in [0.4, 0.5) is 0 Å². The van der Waals surface area contributed by atoms with Gasteiger partial charge in [-0.25, -0.2) is 0 Å². The Bertz CT molecular complexity index is 372. The molecule has 9 heteroatoms. The van der Waals surface area contributed by atoms with Crippen LogP contribution in [0.25, 0.3) is 0 Å². The zero-order valence-corrected chi connectivity index (χ0v) is 17.3. The predicted molar refractivity (Wildman–Crippen MR) is 105 cm³/mol. The van der Waals surface area contributed by atoms with Gasteiger partial charge >= 0.3 is 0 Å². The Morgan fingerprint density at radius 2 is 1.43 bits per heavy atom. The first kappa shape index (κ1) is 22.5. The summed E-state index contributed by atoms with van der Waals surface area (Å²) in [5.41, 5.74) is 0. The van der Waals surface area contributed by atoms with E-state index in [-0.39, 0.29) is 17.7 Å². The molecule has 0 aliphatic carbocycles. The fourth-order valence-electron chi connectivity index (χ4n) is 1.78. The minimum Gasteiger partial charge on any atom is -0.354 e. The number of halogens is 2. The number of hydrogen-bond acceptors (Lipinski definition) is 4. The average molecular weight is 551 g/mol. The van der Waals surface area contributed by atoms with E-state index in [4.69, 9.17) is 0 Å². The number of nitrogens with one attached hydrogen (secondary N) is 2. The van der Waals surface area contributed by atoms with Crippen LogP contribution in [0.2, 0.25) is 0 Å². The first-order valence-corrected chi connectivity index (χ1v) is 10.5. The van der Waals surface area contributed by atoms with E-state index >= 15 is 0 Å². The lowest BCUT2D eigenvalue weighted by Gasteiger charge is -2.23. The molecule has 0 bridgehead atoms. The minimum atomic E-state index is -0.0674. The van der Waals surface area contributed by atoms with Crippen LogP contribution in [-0.4, -0.2) is 63.9 Å². The van der Waals surface area contributed by atoms with Crippen LogP contribution >= 0.6 is 45.2 Å². The number of alkyl halides is 2. The van der Waals surface area contributed by atoms with Gasteiger partial charge in [0, 0.05) is 39.0 Å². The molecule has 7 nitrogen and oxygen atoms in total. The van der Waals surface area contributed by atoms with Crippen molar-refractivity contribution in [2.45, 2.75) is 25.7 Å². The average Bonchev–Trinajstić information content (AvgIpc) is 2.56. The summed E-state index contributed by atoms with van der Waals surface area (Å²) in [6.45, 7) is 1.61. The van der Waals surface area contributed by atoms with Crippen LogP contribution in [0.1, 0.15) is 25.7 Å². The molecule has 0 atom stereocenters. The first-order chi connectivity index (χ1) is 11.0. The second-order valence-corrected chi connectivity index (χ2v) is 6.29. The van der Waals surface area contributed by atoms with E-state index in [2.05, 4.69) is 10.6 Å². The number of hydrogen-bond donors (Lipinski definition) is 2. The van der Waals surface area contributed by atoms with Gasteiger partial charge in [0.2, 0.25) is 17.7 Å². The lowest BCUT2D eigenvalue weighted by Crippen LogP contribution is -2.43. The second-order valence-electron chi connectivity index (χ2n) is 4.76. The van der Waals surface area contributed by atoms with Crippen molar-refractivity contribution in [2.75, 3.05) is 35.0 Å². The van der Waals surface area contributed by atoms with E-state index in [0.29, 0.717) is 60.7 Å². The number of carbonyl (C=O) groups excluding carboxylic acids is 4. The topological polar surface area (TPSA) is 95.6 Å². The molecule has 0 heterocycles. The zero-order chi connectivity index (χ0) is 17.5. The van der Waals surface area contributed by atoms with Gasteiger partial charge in [0.15, 0.2) is 0 Å². The molecule has 0 unspecified atom stereocenters. The molecule has 23 heavy (non-hydrogen) atoms. The van der Waals surface area contributed by atoms with Crippen molar-refractivity contribution >= 4 is 69.2 Å². The molecule has 0 aliphatic heterocycles. The highest BCUT2D eigenvalue weighted by Crippen LogP contribution is 2.02. The van der Waals surface area contributed by atoms with E-state index < -0.39 is 0 Å². The third kappa shape index (κ3) is 12.6. The normalized spacial score (nSPS) is 10.0. The van der Waals surface area contributed by atoms with Crippen molar-refractivity contribution in [2.24, 2.45) is 0 Å². The fraction of sp³-hybridized carbons (Fsp3) is 0.714. The molecule has 0 aliphatic rings. The molecular weight excluding hydrogens is 528 g/mol. The number of aldehydes is 1. The summed E-state index contributed by atoms with van der Waals surface area (Å²) >= 11 is 3.95. The van der Waals surface area contributed by atoms with Crippen molar-refractivity contribution in [3.63, 3.8) is 0 Å². The van der Waals surface area contributed by atoms with Crippen LogP contribution in [0.3, 0.4) is 0 Å². The van der Waals surface area contributed by atoms with Crippen molar-refractivity contribution in [1.82, 2.24) is 15.5 Å². The number of carbonyl (C=O) groups is 4. The zero-order valence-electron chi connectivity index (χ0n) is 13.0. The van der Waals surface area contributed by atoms with E-state index in [9.17, 15) is 19.2 Å². The quantitative estimate of drug-likeness (QED) is 0.153. The predicted octanol–water partition coefficient (Wildman–Crippen LogP) is 0.677. The molecule has 2 N–H and O–H groups in total. The van der Waals surface area contributed by atoms with Gasteiger partial charge in [-0.2, -0.15) is 0 Å². The van der Waals surface area contributed by atoms with E-state index in [1.165, 1.54) is 0 Å². The van der Waals surface area contributed by atoms with Crippen LogP contribution in [-0.2, 0) is 19.2 Å². The molecule has 0 spiro atoms. The van der Waals surface area contributed by atoms with Gasteiger partial charge in [0.1, 0.15) is 6.29 Å². The second kappa shape index (κ2) is 15.1. The van der Waals surface area contributed by atoms with Gasteiger partial charge in [0.25, 0.3) is 0 Å². The molecule has 0 radical (unpaired) electrons. The SMILES string of the molecule is O=CCCCCC(=O)N(CCNC(=O)CI)CCNC(=O)CI. The summed E-state index contributed by atoms with van der Waals surface area (Å²) in [6.07, 6.45) is 3.04. The summed E-state index contributed by atoms with van der Waals surface area (Å²) in [5, 5.41) is 5.46. The number of amides is 3. The number of unbranched alkanes of at least 4 members (excludes halogenated alkanes) is 2. The maximum atomic E-state index is 12.2. The Balaban J connectivity index is 4.28. The van der Waals surface area contributed by atoms with Gasteiger partial charge < -0.3 is 20.3 Å². The Hall–Kier alpha value is -0.460. The monoisotopic (exact) mass is 551 g/mol. The van der Waals surface area contributed by atoms with Crippen molar-refractivity contribution in [3.8, 4) is 0 Å². The minimum absolute atomic E-state index is 0.0247. The van der Waals surface area contributed by atoms with E-state index in [1.54, 1.807) is 4.90 Å². The highest BCUT2D eigenvalue weighted by atomic mass is 127. The number of rotatable bonds is 13. The van der Waals surface area contributed by atoms with Gasteiger partial charge in [-0.05, 0) is 12.8 Å². The van der Waals surface area contributed by atoms with E-state index in [1.807, 2.05) is 45.2 Å². The molecule has 0 aromatic heterocycles. The van der Waals surface area contributed by atoms with Crippen molar-refractivity contribution < 1.29 is 19.2 Å². The van der Waals surface area contributed by atoms with Gasteiger partial charge in [-0.15, -0.1) is 0 Å². The Morgan fingerprint density at radius 1 is 0.913 bits per heavy atom. The smallest absolute Gasteiger partial charge is 0.229 e. The first-order valence-electron chi connectivity index (χ1n) is 7.41. The lowest BCUT2D eigenvalue weighted by molar-refractivity contribution is -0.132. The molecule has 132 valence electrons. The van der Waals surface area contributed by atoms with Crippen molar-refractivity contribution in [3.05, 3.63) is 0 Å².